The van der Waals surface area contributed by atoms with Crippen molar-refractivity contribution in [1.29, 1.82) is 0 Å². The zero-order valence-electron chi connectivity index (χ0n) is 11.2. The van der Waals surface area contributed by atoms with Crippen LogP contribution in [0.2, 0.25) is 0 Å². The molecule has 0 radical (unpaired) electrons. The van der Waals surface area contributed by atoms with Crippen molar-refractivity contribution in [3.63, 3.8) is 0 Å². The first-order chi connectivity index (χ1) is 8.74. The van der Waals surface area contributed by atoms with Crippen molar-refractivity contribution in [2.45, 2.75) is 45.6 Å². The minimum Gasteiger partial charge on any atom is -0.476 e. The molecule has 1 aromatic rings. The van der Waals surface area contributed by atoms with E-state index < -0.39 is 0 Å². The number of rotatable bonds is 3. The van der Waals surface area contributed by atoms with Crippen molar-refractivity contribution in [2.24, 2.45) is 0 Å². The molecule has 2 N–H and O–H groups in total. The Labute approximate surface area is 108 Å². The minimum atomic E-state index is 0.471. The van der Waals surface area contributed by atoms with E-state index in [0.29, 0.717) is 24.2 Å². The van der Waals surface area contributed by atoms with Gasteiger partial charge in [-0.1, -0.05) is 12.8 Å². The van der Waals surface area contributed by atoms with Gasteiger partial charge < -0.3 is 15.4 Å². The lowest BCUT2D eigenvalue weighted by Gasteiger charge is -2.29. The topological polar surface area (TPSA) is 64.3 Å². The van der Waals surface area contributed by atoms with Crippen molar-refractivity contribution in [2.75, 3.05) is 23.8 Å². The Bertz CT molecular complexity index is 397. The van der Waals surface area contributed by atoms with Crippen molar-refractivity contribution < 1.29 is 4.74 Å². The fourth-order valence-corrected chi connectivity index (χ4v) is 2.44. The standard InChI is InChI=1S/C13H22N4O/c1-3-18-13-11(14)12(15-9-16-13)17-8-6-4-5-7-10(17)2/h9-10H,3-8,14H2,1-2H3. The summed E-state index contributed by atoms with van der Waals surface area (Å²) < 4.78 is 5.43. The van der Waals surface area contributed by atoms with Gasteiger partial charge in [-0.05, 0) is 26.7 Å². The highest BCUT2D eigenvalue weighted by molar-refractivity contribution is 5.68. The van der Waals surface area contributed by atoms with Crippen molar-refractivity contribution in [3.05, 3.63) is 6.33 Å². The lowest BCUT2D eigenvalue weighted by atomic mass is 10.1. The van der Waals surface area contributed by atoms with Gasteiger partial charge in [-0.25, -0.2) is 4.98 Å². The molecular formula is C13H22N4O. The molecule has 5 nitrogen and oxygen atoms in total. The normalized spacial score (nSPS) is 20.6. The fraction of sp³-hybridized carbons (Fsp3) is 0.692. The zero-order chi connectivity index (χ0) is 13.0. The molecule has 1 aromatic heterocycles. The first kappa shape index (κ1) is 12.9. The van der Waals surface area contributed by atoms with Gasteiger partial charge in [0.15, 0.2) is 5.82 Å². The van der Waals surface area contributed by atoms with E-state index in [-0.39, 0.29) is 0 Å². The number of hydrogen-bond acceptors (Lipinski definition) is 5. The second-order valence-corrected chi connectivity index (χ2v) is 4.74. The average molecular weight is 250 g/mol. The van der Waals surface area contributed by atoms with Crippen LogP contribution < -0.4 is 15.4 Å². The maximum absolute atomic E-state index is 6.12. The summed E-state index contributed by atoms with van der Waals surface area (Å²) in [5, 5.41) is 0. The second-order valence-electron chi connectivity index (χ2n) is 4.74. The van der Waals surface area contributed by atoms with E-state index in [1.165, 1.54) is 32.0 Å². The zero-order valence-corrected chi connectivity index (χ0v) is 11.2. The summed E-state index contributed by atoms with van der Waals surface area (Å²) >= 11 is 0. The molecule has 18 heavy (non-hydrogen) atoms. The second kappa shape index (κ2) is 5.89. The Kier molecular flexibility index (Phi) is 4.23. The first-order valence-electron chi connectivity index (χ1n) is 6.74. The highest BCUT2D eigenvalue weighted by atomic mass is 16.5. The van der Waals surface area contributed by atoms with Gasteiger partial charge in [0.25, 0.3) is 0 Å². The van der Waals surface area contributed by atoms with E-state index in [0.717, 1.165) is 12.4 Å². The van der Waals surface area contributed by atoms with Crippen molar-refractivity contribution in [1.82, 2.24) is 9.97 Å². The average Bonchev–Trinajstić information content (AvgIpc) is 2.57. The molecule has 0 spiro atoms. The highest BCUT2D eigenvalue weighted by Crippen LogP contribution is 2.31. The molecule has 1 aliphatic heterocycles. The third-order valence-corrected chi connectivity index (χ3v) is 3.43. The molecule has 0 saturated carbocycles. The van der Waals surface area contributed by atoms with E-state index in [2.05, 4.69) is 21.8 Å². The molecule has 1 atom stereocenters. The Morgan fingerprint density at radius 1 is 1.39 bits per heavy atom. The van der Waals surface area contributed by atoms with Crippen LogP contribution in [-0.4, -0.2) is 29.2 Å². The van der Waals surface area contributed by atoms with Crippen LogP contribution in [0.5, 0.6) is 5.88 Å². The Morgan fingerprint density at radius 3 is 3.00 bits per heavy atom. The van der Waals surface area contributed by atoms with Gasteiger partial charge in [-0.2, -0.15) is 4.98 Å². The molecule has 0 aromatic carbocycles. The third-order valence-electron chi connectivity index (χ3n) is 3.43. The largest absolute Gasteiger partial charge is 0.476 e. The molecule has 1 saturated heterocycles. The molecule has 2 heterocycles. The summed E-state index contributed by atoms with van der Waals surface area (Å²) in [6, 6.07) is 0.471. The van der Waals surface area contributed by atoms with Crippen LogP contribution in [0, 0.1) is 0 Å². The fourth-order valence-electron chi connectivity index (χ4n) is 2.44. The smallest absolute Gasteiger partial charge is 0.242 e. The molecule has 0 aliphatic carbocycles. The molecule has 0 amide bonds. The monoisotopic (exact) mass is 250 g/mol. The molecule has 5 heteroatoms. The van der Waals surface area contributed by atoms with E-state index in [1.807, 2.05) is 6.92 Å². The molecule has 1 aliphatic rings. The summed E-state index contributed by atoms with van der Waals surface area (Å²) in [7, 11) is 0. The van der Waals surface area contributed by atoms with Crippen LogP contribution in [0.15, 0.2) is 6.33 Å². The van der Waals surface area contributed by atoms with Crippen LogP contribution in [0.25, 0.3) is 0 Å². The third kappa shape index (κ3) is 2.66. The summed E-state index contributed by atoms with van der Waals surface area (Å²) in [6.07, 6.45) is 6.48. The molecule has 100 valence electrons. The lowest BCUT2D eigenvalue weighted by Crippen LogP contribution is -2.34. The van der Waals surface area contributed by atoms with Crippen molar-refractivity contribution in [3.8, 4) is 5.88 Å². The number of hydrogen-bond donors (Lipinski definition) is 1. The van der Waals surface area contributed by atoms with Crippen LogP contribution in [0.1, 0.15) is 39.5 Å². The number of nitrogens with two attached hydrogens (primary N) is 1. The van der Waals surface area contributed by atoms with Crippen LogP contribution >= 0.6 is 0 Å². The highest BCUT2D eigenvalue weighted by Gasteiger charge is 2.22. The van der Waals surface area contributed by atoms with Gasteiger partial charge >= 0.3 is 0 Å². The number of anilines is 2. The maximum Gasteiger partial charge on any atom is 0.242 e. The molecule has 1 fully saturated rings. The molecule has 0 bridgehead atoms. The van der Waals surface area contributed by atoms with Gasteiger partial charge in [0.1, 0.15) is 12.0 Å². The maximum atomic E-state index is 6.12. The molecule has 1 unspecified atom stereocenters. The number of aromatic nitrogens is 2. The van der Waals surface area contributed by atoms with Gasteiger partial charge in [-0.15, -0.1) is 0 Å². The Balaban J connectivity index is 2.28. The summed E-state index contributed by atoms with van der Waals surface area (Å²) in [5.41, 5.74) is 6.68. The Morgan fingerprint density at radius 2 is 2.22 bits per heavy atom. The minimum absolute atomic E-state index is 0.471. The van der Waals surface area contributed by atoms with Crippen LogP contribution in [-0.2, 0) is 0 Å². The van der Waals surface area contributed by atoms with E-state index in [1.54, 1.807) is 0 Å². The Hall–Kier alpha value is -1.52. The number of nitrogens with zero attached hydrogens (tertiary/aromatic N) is 3. The van der Waals surface area contributed by atoms with Crippen molar-refractivity contribution >= 4 is 11.5 Å². The molecular weight excluding hydrogens is 228 g/mol. The van der Waals surface area contributed by atoms with Crippen LogP contribution in [0.4, 0.5) is 11.5 Å². The summed E-state index contributed by atoms with van der Waals surface area (Å²) in [4.78, 5) is 10.7. The quantitative estimate of drug-likeness (QED) is 0.891. The van der Waals surface area contributed by atoms with Gasteiger partial charge in [0, 0.05) is 12.6 Å². The van der Waals surface area contributed by atoms with E-state index in [4.69, 9.17) is 10.5 Å². The summed E-state index contributed by atoms with van der Waals surface area (Å²) in [6.45, 7) is 5.73. The van der Waals surface area contributed by atoms with Gasteiger partial charge in [-0.3, -0.25) is 0 Å². The van der Waals surface area contributed by atoms with Gasteiger partial charge in [0.05, 0.1) is 6.61 Å². The SMILES string of the molecule is CCOc1ncnc(N2CCCCCC2C)c1N. The van der Waals surface area contributed by atoms with Gasteiger partial charge in [0.2, 0.25) is 5.88 Å². The molecule has 2 rings (SSSR count). The summed E-state index contributed by atoms with van der Waals surface area (Å²) in [5.74, 6) is 1.32. The predicted octanol–water partition coefficient (Wildman–Crippen LogP) is 2.23. The van der Waals surface area contributed by atoms with Crippen LogP contribution in [0.3, 0.4) is 0 Å². The number of nitrogen functional groups attached to an aromatic ring is 1. The van der Waals surface area contributed by atoms with E-state index in [9.17, 15) is 0 Å². The predicted molar refractivity (Wildman–Crippen MR) is 72.9 cm³/mol. The number of ether oxygens (including phenoxy) is 1. The first-order valence-corrected chi connectivity index (χ1v) is 6.74. The lowest BCUT2D eigenvalue weighted by molar-refractivity contribution is 0.328. The van der Waals surface area contributed by atoms with E-state index >= 15 is 0 Å².